The number of rotatable bonds is 10. The molecule has 5 aromatic rings. The lowest BCUT2D eigenvalue weighted by Gasteiger charge is -2.18. The molecule has 252 valence electrons. The lowest BCUT2D eigenvalue weighted by atomic mass is 9.93. The van der Waals surface area contributed by atoms with Crippen molar-refractivity contribution in [3.63, 3.8) is 0 Å². The highest BCUT2D eigenvalue weighted by molar-refractivity contribution is 7.92. The first-order valence-corrected chi connectivity index (χ1v) is 18.0. The van der Waals surface area contributed by atoms with Gasteiger partial charge in [-0.1, -0.05) is 98.6 Å². The Morgan fingerprint density at radius 3 is 2.35 bits per heavy atom. The van der Waals surface area contributed by atoms with Gasteiger partial charge in [-0.15, -0.1) is 0 Å². The maximum absolute atomic E-state index is 12.3. The van der Waals surface area contributed by atoms with Crippen molar-refractivity contribution in [3.8, 4) is 28.1 Å². The number of amides is 1. The summed E-state index contributed by atoms with van der Waals surface area (Å²) in [4.78, 5) is 16.6. The second-order valence-electron chi connectivity index (χ2n) is 13.1. The molecule has 1 N–H and O–H groups in total. The molecule has 2 heterocycles. The third-order valence-corrected chi connectivity index (χ3v) is 9.99. The van der Waals surface area contributed by atoms with E-state index >= 15 is 0 Å². The molecular weight excluding hydrogens is 679 g/mol. The lowest BCUT2D eigenvalue weighted by Crippen LogP contribution is -2.29. The van der Waals surface area contributed by atoms with Crippen LogP contribution >= 0.6 is 23.2 Å². The van der Waals surface area contributed by atoms with E-state index in [1.807, 2.05) is 58.0 Å². The van der Waals surface area contributed by atoms with Crippen LogP contribution in [-0.4, -0.2) is 37.0 Å². The topological polar surface area (TPSA) is 93.5 Å². The summed E-state index contributed by atoms with van der Waals surface area (Å²) in [5, 5.41) is 1.03. The second kappa shape index (κ2) is 14.1. The molecule has 0 saturated carbocycles. The molecule has 4 aromatic carbocycles. The van der Waals surface area contributed by atoms with Crippen molar-refractivity contribution in [2.45, 2.75) is 33.7 Å². The normalized spacial score (nSPS) is 14.4. The van der Waals surface area contributed by atoms with Crippen LogP contribution in [0.25, 0.3) is 34.5 Å². The number of imidazole rings is 1. The fraction of sp³-hybridized carbons (Fsp3) is 0.211. The molecule has 6 rings (SSSR count). The Bertz CT molecular complexity index is 2120. The monoisotopic (exact) mass is 714 g/mol. The Balaban J connectivity index is 1.23. The molecule has 11 heteroatoms. The second-order valence-corrected chi connectivity index (χ2v) is 15.5. The number of carbonyl (C=O) groups excluding carboxylic acids is 1. The van der Waals surface area contributed by atoms with Gasteiger partial charge in [-0.25, -0.2) is 14.0 Å². The molecular formula is C38H36Cl2N4O4S. The molecule has 49 heavy (non-hydrogen) atoms. The summed E-state index contributed by atoms with van der Waals surface area (Å²) in [6.07, 6.45) is 6.86. The van der Waals surface area contributed by atoms with E-state index in [2.05, 4.69) is 57.2 Å². The van der Waals surface area contributed by atoms with Gasteiger partial charge in [0.05, 0.1) is 23.0 Å². The van der Waals surface area contributed by atoms with Crippen molar-refractivity contribution in [1.82, 2.24) is 14.3 Å². The molecule has 0 aliphatic carbocycles. The number of hydrogen-bond acceptors (Lipinski definition) is 5. The predicted molar refractivity (Wildman–Crippen MR) is 198 cm³/mol. The van der Waals surface area contributed by atoms with Crippen molar-refractivity contribution in [3.05, 3.63) is 124 Å². The Kier molecular flexibility index (Phi) is 9.88. The van der Waals surface area contributed by atoms with Crippen LogP contribution < -0.4 is 13.8 Å². The maximum Gasteiger partial charge on any atom is 0.326 e. The van der Waals surface area contributed by atoms with E-state index in [1.165, 1.54) is 0 Å². The number of ether oxygens (including phenoxy) is 1. The highest BCUT2D eigenvalue weighted by atomic mass is 35.5. The van der Waals surface area contributed by atoms with Gasteiger partial charge >= 0.3 is 10.2 Å². The Morgan fingerprint density at radius 2 is 1.67 bits per heavy atom. The number of nitrogens with one attached hydrogen (secondary N) is 1. The van der Waals surface area contributed by atoms with E-state index in [0.717, 1.165) is 44.3 Å². The standard InChI is InChI=1S/C38H36Cl2N4O4S/c1-38(2,3)19-20-48-32-6-4-5-29(21-32)28-12-7-26(8-13-28)11-18-36-41-35(33-17-14-30(39)22-34(33)40)24-43(36)23-27-9-15-31(16-10-27)44-25-37(45)42-49(44,46)47/h4-18,21-22,24H,19-20,23,25H2,1-3H3,(H,42,45). The SMILES string of the molecule is CC(C)(C)CCOc1cccc(-c2ccc(C=Cc3nc(-c4ccc(Cl)cc4Cl)cn3Cc3ccc(N4CC(=O)NS4(=O)=O)cc3)cc2)c1. The Morgan fingerprint density at radius 1 is 0.918 bits per heavy atom. The Hall–Kier alpha value is -4.57. The number of hydrogen-bond donors (Lipinski definition) is 1. The van der Waals surface area contributed by atoms with Crippen LogP contribution in [-0.2, 0) is 21.5 Å². The van der Waals surface area contributed by atoms with E-state index in [-0.39, 0.29) is 12.0 Å². The quantitative estimate of drug-likeness (QED) is 0.156. The van der Waals surface area contributed by atoms with E-state index in [4.69, 9.17) is 32.9 Å². The average molecular weight is 716 g/mol. The fourth-order valence-corrected chi connectivity index (χ4v) is 7.01. The van der Waals surface area contributed by atoms with Crippen molar-refractivity contribution in [2.75, 3.05) is 17.5 Å². The molecule has 1 aromatic heterocycles. The van der Waals surface area contributed by atoms with Crippen molar-refractivity contribution >= 4 is 57.2 Å². The van der Waals surface area contributed by atoms with Crippen molar-refractivity contribution in [1.29, 1.82) is 0 Å². The number of aromatic nitrogens is 2. The minimum absolute atomic E-state index is 0.219. The van der Waals surface area contributed by atoms with E-state index in [9.17, 15) is 13.2 Å². The first-order chi connectivity index (χ1) is 23.3. The van der Waals surface area contributed by atoms with Gasteiger partial charge in [0.1, 0.15) is 18.1 Å². The number of anilines is 1. The molecule has 0 radical (unpaired) electrons. The molecule has 1 amide bonds. The van der Waals surface area contributed by atoms with Crippen LogP contribution in [0, 0.1) is 5.41 Å². The maximum atomic E-state index is 12.3. The highest BCUT2D eigenvalue weighted by Crippen LogP contribution is 2.31. The van der Waals surface area contributed by atoms with Gasteiger partial charge in [0.2, 0.25) is 0 Å². The first kappa shape index (κ1) is 34.3. The van der Waals surface area contributed by atoms with Gasteiger partial charge < -0.3 is 9.30 Å². The fourth-order valence-electron chi connectivity index (χ4n) is 5.36. The van der Waals surface area contributed by atoms with Crippen LogP contribution in [0.3, 0.4) is 0 Å². The van der Waals surface area contributed by atoms with E-state index < -0.39 is 16.1 Å². The van der Waals surface area contributed by atoms with Gasteiger partial charge in [0.25, 0.3) is 5.91 Å². The average Bonchev–Trinajstić information content (AvgIpc) is 3.57. The molecule has 0 bridgehead atoms. The van der Waals surface area contributed by atoms with E-state index in [0.29, 0.717) is 40.4 Å². The molecule has 0 atom stereocenters. The third-order valence-electron chi connectivity index (χ3n) is 8.04. The number of nitrogens with zero attached hydrogens (tertiary/aromatic N) is 3. The number of carbonyl (C=O) groups is 1. The number of halogens is 2. The molecule has 1 fully saturated rings. The van der Waals surface area contributed by atoms with Crippen LogP contribution in [0.2, 0.25) is 10.0 Å². The minimum atomic E-state index is -3.88. The lowest BCUT2D eigenvalue weighted by molar-refractivity contribution is -0.117. The van der Waals surface area contributed by atoms with Crippen LogP contribution in [0.1, 0.15) is 44.1 Å². The van der Waals surface area contributed by atoms with Crippen molar-refractivity contribution < 1.29 is 17.9 Å². The molecule has 8 nitrogen and oxygen atoms in total. The third kappa shape index (κ3) is 8.54. The number of benzene rings is 4. The van der Waals surface area contributed by atoms with Crippen LogP contribution in [0.4, 0.5) is 5.69 Å². The zero-order valence-electron chi connectivity index (χ0n) is 27.4. The highest BCUT2D eigenvalue weighted by Gasteiger charge is 2.33. The first-order valence-electron chi connectivity index (χ1n) is 15.8. The van der Waals surface area contributed by atoms with Gasteiger partial charge in [0.15, 0.2) is 0 Å². The van der Waals surface area contributed by atoms with Gasteiger partial charge in [0, 0.05) is 23.3 Å². The van der Waals surface area contributed by atoms with Crippen LogP contribution in [0.15, 0.2) is 97.2 Å². The Labute approximate surface area is 297 Å². The zero-order valence-corrected chi connectivity index (χ0v) is 29.7. The summed E-state index contributed by atoms with van der Waals surface area (Å²) < 4.78 is 35.6. The molecule has 1 aliphatic heterocycles. The smallest absolute Gasteiger partial charge is 0.326 e. The van der Waals surface area contributed by atoms with Crippen molar-refractivity contribution in [2.24, 2.45) is 5.41 Å². The summed E-state index contributed by atoms with van der Waals surface area (Å²) in [5.41, 5.74) is 6.15. The van der Waals surface area contributed by atoms with E-state index in [1.54, 1.807) is 24.3 Å². The summed E-state index contributed by atoms with van der Waals surface area (Å²) >= 11 is 12.7. The molecule has 1 aliphatic rings. The van der Waals surface area contributed by atoms with Crippen LogP contribution in [0.5, 0.6) is 5.75 Å². The zero-order chi connectivity index (χ0) is 34.8. The molecule has 1 saturated heterocycles. The van der Waals surface area contributed by atoms with Gasteiger partial charge in [-0.05, 0) is 82.6 Å². The largest absolute Gasteiger partial charge is 0.494 e. The predicted octanol–water partition coefficient (Wildman–Crippen LogP) is 8.74. The summed E-state index contributed by atoms with van der Waals surface area (Å²) in [6.45, 7) is 7.50. The molecule has 0 spiro atoms. The van der Waals surface area contributed by atoms with Gasteiger partial charge in [-0.2, -0.15) is 8.42 Å². The summed E-state index contributed by atoms with van der Waals surface area (Å²) in [7, 11) is -3.88. The summed E-state index contributed by atoms with van der Waals surface area (Å²) in [6, 6.07) is 28.8. The minimum Gasteiger partial charge on any atom is -0.494 e. The summed E-state index contributed by atoms with van der Waals surface area (Å²) in [5.74, 6) is 0.996. The molecule has 0 unspecified atom stereocenters. The van der Waals surface area contributed by atoms with Gasteiger partial charge in [-0.3, -0.25) is 4.79 Å².